The average Bonchev–Trinajstić information content (AvgIpc) is 2.80. The first-order valence-electron chi connectivity index (χ1n) is 9.91. The van der Waals surface area contributed by atoms with Crippen LogP contribution in [0.5, 0.6) is 0 Å². The number of hydrogen-bond acceptors (Lipinski definition) is 2. The van der Waals surface area contributed by atoms with Gasteiger partial charge in [0.25, 0.3) is 11.8 Å². The van der Waals surface area contributed by atoms with E-state index in [9.17, 15) is 27.2 Å². The Labute approximate surface area is 183 Å². The predicted octanol–water partition coefficient (Wildman–Crippen LogP) is 6.78. The summed E-state index contributed by atoms with van der Waals surface area (Å²) in [5.74, 6) is -6.07. The van der Waals surface area contributed by atoms with E-state index >= 15 is 0 Å². The van der Waals surface area contributed by atoms with Crippen molar-refractivity contribution in [2.75, 3.05) is 0 Å². The van der Waals surface area contributed by atoms with Gasteiger partial charge in [-0.3, -0.25) is 9.59 Å². The molecule has 0 aliphatic heterocycles. The largest absolute Gasteiger partial charge is 0.289 e. The Balaban J connectivity index is 0.000000181. The highest BCUT2D eigenvalue weighted by molar-refractivity contribution is 6.11. The lowest BCUT2D eigenvalue weighted by molar-refractivity contribution is 0.0562. The number of alkyl halides is 4. The molecule has 2 aromatic rings. The maximum Gasteiger partial charge on any atom is 0.270 e. The summed E-state index contributed by atoms with van der Waals surface area (Å²) in [6.45, 7) is 0. The van der Waals surface area contributed by atoms with E-state index in [1.807, 2.05) is 0 Å². The zero-order chi connectivity index (χ0) is 23.2. The summed E-state index contributed by atoms with van der Waals surface area (Å²) in [5, 5.41) is 0. The SMILES string of the molecule is O=C(C1=CCC(F)(F)C=C1)c1ccccc1.O=C(C1=CCC(F)(F)C=C1)c1ccccc1. The van der Waals surface area contributed by atoms with Crippen molar-refractivity contribution < 1.29 is 27.2 Å². The standard InChI is InChI=1S/2C13H10F2O/c2*14-13(15)8-6-11(7-9-13)12(16)10-4-2-1-3-5-10/h2*1-8H,9H2. The van der Waals surface area contributed by atoms with E-state index in [0.717, 1.165) is 12.2 Å². The number of allylic oxidation sites excluding steroid dienone is 8. The van der Waals surface area contributed by atoms with E-state index in [1.165, 1.54) is 24.3 Å². The average molecular weight is 440 g/mol. The van der Waals surface area contributed by atoms with E-state index < -0.39 is 24.7 Å². The zero-order valence-corrected chi connectivity index (χ0v) is 17.0. The van der Waals surface area contributed by atoms with Crippen LogP contribution in [0.3, 0.4) is 0 Å². The molecule has 164 valence electrons. The summed E-state index contributed by atoms with van der Waals surface area (Å²) < 4.78 is 51.2. The molecule has 2 nitrogen and oxygen atoms in total. The van der Waals surface area contributed by atoms with Gasteiger partial charge in [-0.1, -0.05) is 72.8 Å². The molecular weight excluding hydrogens is 420 g/mol. The van der Waals surface area contributed by atoms with Crippen LogP contribution < -0.4 is 0 Å². The van der Waals surface area contributed by atoms with Crippen LogP contribution in [0.1, 0.15) is 33.6 Å². The lowest BCUT2D eigenvalue weighted by Crippen LogP contribution is -2.15. The third-order valence-electron chi connectivity index (χ3n) is 4.80. The Bertz CT molecular complexity index is 1010. The quantitative estimate of drug-likeness (QED) is 0.388. The predicted molar refractivity (Wildman–Crippen MR) is 115 cm³/mol. The van der Waals surface area contributed by atoms with E-state index in [2.05, 4.69) is 0 Å². The number of halogens is 4. The van der Waals surface area contributed by atoms with Crippen molar-refractivity contribution in [3.05, 3.63) is 119 Å². The number of rotatable bonds is 4. The Hall–Kier alpha value is -3.54. The van der Waals surface area contributed by atoms with Crippen molar-refractivity contribution in [1.29, 1.82) is 0 Å². The normalized spacial score (nSPS) is 18.0. The van der Waals surface area contributed by atoms with Gasteiger partial charge in [-0.05, 0) is 24.3 Å². The first-order chi connectivity index (χ1) is 15.2. The first-order valence-corrected chi connectivity index (χ1v) is 9.91. The lowest BCUT2D eigenvalue weighted by atomic mass is 9.97. The summed E-state index contributed by atoms with van der Waals surface area (Å²) >= 11 is 0. The van der Waals surface area contributed by atoms with Crippen LogP contribution in [-0.2, 0) is 0 Å². The molecule has 2 aliphatic rings. The fraction of sp³-hybridized carbons (Fsp3) is 0.154. The van der Waals surface area contributed by atoms with Crippen LogP contribution in [0.4, 0.5) is 17.6 Å². The molecule has 6 heteroatoms. The second kappa shape index (κ2) is 9.73. The third-order valence-corrected chi connectivity index (χ3v) is 4.80. The summed E-state index contributed by atoms with van der Waals surface area (Å²) in [7, 11) is 0. The summed E-state index contributed by atoms with van der Waals surface area (Å²) in [5.41, 5.74) is 1.70. The van der Waals surface area contributed by atoms with Crippen LogP contribution in [0.25, 0.3) is 0 Å². The molecule has 2 aromatic carbocycles. The van der Waals surface area contributed by atoms with Gasteiger partial charge >= 0.3 is 0 Å². The molecule has 0 amide bonds. The van der Waals surface area contributed by atoms with Gasteiger partial charge in [0.15, 0.2) is 11.6 Å². The van der Waals surface area contributed by atoms with Gasteiger partial charge in [0.05, 0.1) is 0 Å². The molecule has 0 saturated carbocycles. The molecule has 32 heavy (non-hydrogen) atoms. The minimum atomic E-state index is -2.82. The molecule has 0 heterocycles. The molecule has 0 radical (unpaired) electrons. The van der Waals surface area contributed by atoms with Crippen LogP contribution >= 0.6 is 0 Å². The number of carbonyl (C=O) groups excluding carboxylic acids is 2. The minimum Gasteiger partial charge on any atom is -0.289 e. The molecule has 4 rings (SSSR count). The Morgan fingerprint density at radius 1 is 0.594 bits per heavy atom. The monoisotopic (exact) mass is 440 g/mol. The minimum absolute atomic E-state index is 0.215. The Morgan fingerprint density at radius 3 is 1.22 bits per heavy atom. The fourth-order valence-corrected chi connectivity index (χ4v) is 3.04. The van der Waals surface area contributed by atoms with Gasteiger partial charge in [-0.15, -0.1) is 0 Å². The number of carbonyl (C=O) groups is 2. The van der Waals surface area contributed by atoms with Crippen LogP contribution in [0.2, 0.25) is 0 Å². The number of Topliss-reactive ketones (excluding diaryl/α,β-unsaturated/α-hetero) is 2. The maximum atomic E-state index is 12.8. The van der Waals surface area contributed by atoms with Gasteiger partial charge in [0.1, 0.15) is 0 Å². The molecule has 0 saturated heterocycles. The van der Waals surface area contributed by atoms with E-state index in [0.29, 0.717) is 22.3 Å². The van der Waals surface area contributed by atoms with Crippen molar-refractivity contribution in [3.63, 3.8) is 0 Å². The van der Waals surface area contributed by atoms with E-state index in [1.54, 1.807) is 60.7 Å². The van der Waals surface area contributed by atoms with E-state index in [4.69, 9.17) is 0 Å². The molecule has 0 atom stereocenters. The smallest absolute Gasteiger partial charge is 0.270 e. The maximum absolute atomic E-state index is 12.8. The molecule has 0 unspecified atom stereocenters. The topological polar surface area (TPSA) is 34.1 Å². The van der Waals surface area contributed by atoms with Crippen LogP contribution in [0.15, 0.2) is 108 Å². The van der Waals surface area contributed by atoms with Crippen molar-refractivity contribution >= 4 is 11.6 Å². The molecule has 0 aromatic heterocycles. The van der Waals surface area contributed by atoms with Crippen molar-refractivity contribution in [3.8, 4) is 0 Å². The molecule has 0 bridgehead atoms. The van der Waals surface area contributed by atoms with Gasteiger partial charge in [0, 0.05) is 35.1 Å². The molecular formula is C26H20F4O2. The second-order valence-corrected chi connectivity index (χ2v) is 7.31. The highest BCUT2D eigenvalue weighted by Crippen LogP contribution is 2.28. The van der Waals surface area contributed by atoms with Gasteiger partial charge < -0.3 is 0 Å². The van der Waals surface area contributed by atoms with Crippen molar-refractivity contribution in [2.45, 2.75) is 24.7 Å². The lowest BCUT2D eigenvalue weighted by Gasteiger charge is -2.14. The highest BCUT2D eigenvalue weighted by atomic mass is 19.3. The van der Waals surface area contributed by atoms with Gasteiger partial charge in [-0.2, -0.15) is 0 Å². The first kappa shape index (κ1) is 23.1. The van der Waals surface area contributed by atoms with Gasteiger partial charge in [-0.25, -0.2) is 17.6 Å². The Morgan fingerprint density at radius 2 is 0.938 bits per heavy atom. The zero-order valence-electron chi connectivity index (χ0n) is 17.0. The third kappa shape index (κ3) is 6.23. The van der Waals surface area contributed by atoms with Crippen LogP contribution in [-0.4, -0.2) is 23.4 Å². The number of benzene rings is 2. The van der Waals surface area contributed by atoms with Crippen molar-refractivity contribution in [1.82, 2.24) is 0 Å². The number of ketones is 2. The molecule has 2 aliphatic carbocycles. The molecule has 0 spiro atoms. The Kier molecular flexibility index (Phi) is 7.03. The number of hydrogen-bond donors (Lipinski definition) is 0. The second-order valence-electron chi connectivity index (χ2n) is 7.31. The van der Waals surface area contributed by atoms with Crippen molar-refractivity contribution in [2.24, 2.45) is 0 Å². The fourth-order valence-electron chi connectivity index (χ4n) is 3.04. The summed E-state index contributed by atoms with van der Waals surface area (Å²) in [4.78, 5) is 23.7. The van der Waals surface area contributed by atoms with Crippen LogP contribution in [0, 0.1) is 0 Å². The van der Waals surface area contributed by atoms with Gasteiger partial charge in [0.2, 0.25) is 0 Å². The molecule has 0 N–H and O–H groups in total. The highest BCUT2D eigenvalue weighted by Gasteiger charge is 2.28. The summed E-state index contributed by atoms with van der Waals surface area (Å²) in [6, 6.07) is 17.3. The molecule has 0 fully saturated rings. The summed E-state index contributed by atoms with van der Waals surface area (Å²) in [6.07, 6.45) is 5.71. The van der Waals surface area contributed by atoms with E-state index in [-0.39, 0.29) is 11.6 Å².